The van der Waals surface area contributed by atoms with E-state index in [0.717, 1.165) is 19.9 Å². The van der Waals surface area contributed by atoms with E-state index in [1.165, 1.54) is 111 Å². The van der Waals surface area contributed by atoms with Gasteiger partial charge in [0.2, 0.25) is 0 Å². The van der Waals surface area contributed by atoms with Crippen molar-refractivity contribution in [1.82, 2.24) is 0 Å². The summed E-state index contributed by atoms with van der Waals surface area (Å²) >= 11 is 0. The predicted molar refractivity (Wildman–Crippen MR) is 220 cm³/mol. The third-order valence-electron chi connectivity index (χ3n) is 8.12. The van der Waals surface area contributed by atoms with Gasteiger partial charge in [-0.25, -0.2) is 14.4 Å². The minimum Gasteiger partial charge on any atom is -0.493 e. The molecule has 0 aliphatic heterocycles. The van der Waals surface area contributed by atoms with Crippen molar-refractivity contribution >= 4 is 59.5 Å². The van der Waals surface area contributed by atoms with E-state index in [4.69, 9.17) is 33.2 Å². The molecule has 0 N–H and O–H groups in total. The summed E-state index contributed by atoms with van der Waals surface area (Å²) in [5.41, 5.74) is 0.553. The fourth-order valence-corrected chi connectivity index (χ4v) is 5.43. The topological polar surface area (TPSA) is 201 Å². The lowest BCUT2D eigenvalue weighted by molar-refractivity contribution is -0.132. The number of ketones is 2. The van der Waals surface area contributed by atoms with Crippen molar-refractivity contribution in [3.63, 3.8) is 0 Å². The molecule has 62 heavy (non-hydrogen) atoms. The van der Waals surface area contributed by atoms with Crippen molar-refractivity contribution in [2.45, 2.75) is 27.2 Å². The molecule has 0 radical (unpaired) electrons. The molecule has 0 aliphatic carbocycles. The Morgan fingerprint density at radius 2 is 0.742 bits per heavy atom. The molecule has 5 aromatic rings. The summed E-state index contributed by atoms with van der Waals surface area (Å²) in [7, 11) is 1.36. The molecule has 15 nitrogen and oxygen atoms in total. The van der Waals surface area contributed by atoms with E-state index < -0.39 is 53.8 Å². The van der Waals surface area contributed by atoms with E-state index >= 15 is 0 Å². The maximum absolute atomic E-state index is 13.4. The minimum atomic E-state index is -0.982. The van der Waals surface area contributed by atoms with Gasteiger partial charge in [-0.2, -0.15) is 0 Å². The summed E-state index contributed by atoms with van der Waals surface area (Å²) in [5, 5.41) is 0. The average Bonchev–Trinajstić information content (AvgIpc) is 3.23. The van der Waals surface area contributed by atoms with Crippen LogP contribution in [0.3, 0.4) is 0 Å². The second kappa shape index (κ2) is 21.0. The lowest BCUT2D eigenvalue weighted by Gasteiger charge is -2.14. The van der Waals surface area contributed by atoms with Crippen LogP contribution in [0.1, 0.15) is 69.4 Å². The number of ether oxygens (including phenoxy) is 7. The van der Waals surface area contributed by atoms with Crippen LogP contribution >= 0.6 is 0 Å². The van der Waals surface area contributed by atoms with Gasteiger partial charge in [0.15, 0.2) is 34.6 Å². The van der Waals surface area contributed by atoms with Gasteiger partial charge in [0.25, 0.3) is 0 Å². The summed E-state index contributed by atoms with van der Waals surface area (Å²) in [6.07, 6.45) is 4.59. The Balaban J connectivity index is 1.30. The predicted octanol–water partition coefficient (Wildman–Crippen LogP) is 7.38. The second-order valence-corrected chi connectivity index (χ2v) is 12.8. The zero-order chi connectivity index (χ0) is 44.8. The molecular formula is C47H36O15. The van der Waals surface area contributed by atoms with Gasteiger partial charge in [-0.1, -0.05) is 60.7 Å². The molecule has 314 valence electrons. The van der Waals surface area contributed by atoms with Gasteiger partial charge in [-0.15, -0.1) is 0 Å². The van der Waals surface area contributed by atoms with Crippen molar-refractivity contribution in [2.75, 3.05) is 7.11 Å². The molecule has 0 saturated carbocycles. The number of benzene rings is 5. The second-order valence-electron chi connectivity index (χ2n) is 12.8. The van der Waals surface area contributed by atoms with Gasteiger partial charge in [-0.05, 0) is 83.9 Å². The van der Waals surface area contributed by atoms with Crippen LogP contribution in [0.4, 0.5) is 0 Å². The van der Waals surface area contributed by atoms with E-state index in [1.54, 1.807) is 30.3 Å². The van der Waals surface area contributed by atoms with Gasteiger partial charge >= 0.3 is 35.8 Å². The summed E-state index contributed by atoms with van der Waals surface area (Å²) in [4.78, 5) is 100.0. The Morgan fingerprint density at radius 1 is 0.403 bits per heavy atom. The van der Waals surface area contributed by atoms with Crippen LogP contribution in [0.15, 0.2) is 121 Å². The van der Waals surface area contributed by atoms with Crippen LogP contribution in [0.2, 0.25) is 0 Å². The third kappa shape index (κ3) is 12.5. The molecule has 0 unspecified atom stereocenters. The fourth-order valence-electron chi connectivity index (χ4n) is 5.43. The molecule has 0 aliphatic rings. The van der Waals surface area contributed by atoms with E-state index in [1.807, 2.05) is 0 Å². The molecule has 0 spiro atoms. The number of hydrogen-bond donors (Lipinski definition) is 0. The van der Waals surface area contributed by atoms with Crippen molar-refractivity contribution < 1.29 is 71.5 Å². The van der Waals surface area contributed by atoms with Crippen molar-refractivity contribution in [3.8, 4) is 40.2 Å². The molecule has 0 amide bonds. The average molecular weight is 841 g/mol. The van der Waals surface area contributed by atoms with Crippen LogP contribution in [0.5, 0.6) is 40.2 Å². The standard InChI is InChI=1S/C47H36O15/c1-28(48)57-38-14-8-5-11-35(38)45(53)60-41-23-19-31(25-43(41)56-4)17-21-33(51)27-34(52)22-18-32-20-24-42(61-46(54)36-12-6-9-15-39(36)58-29(2)49)44(26-32)62-47(55)37-13-7-10-16-40(37)59-30(3)50/h5-26H,27H2,1-4H3/b21-17+,22-18+. The Labute approximate surface area is 354 Å². The first-order valence-corrected chi connectivity index (χ1v) is 18.4. The highest BCUT2D eigenvalue weighted by molar-refractivity contribution is 6.11. The molecule has 0 atom stereocenters. The van der Waals surface area contributed by atoms with Gasteiger partial charge in [0.05, 0.1) is 13.5 Å². The van der Waals surface area contributed by atoms with Gasteiger partial charge in [0.1, 0.15) is 33.9 Å². The zero-order valence-electron chi connectivity index (χ0n) is 33.5. The largest absolute Gasteiger partial charge is 0.493 e. The molecule has 0 heterocycles. The lowest BCUT2D eigenvalue weighted by atomic mass is 10.1. The number of carbonyl (C=O) groups excluding carboxylic acids is 8. The first-order valence-electron chi connectivity index (χ1n) is 18.4. The number of hydrogen-bond acceptors (Lipinski definition) is 15. The first-order chi connectivity index (χ1) is 29.7. The van der Waals surface area contributed by atoms with E-state index in [-0.39, 0.29) is 56.9 Å². The summed E-state index contributed by atoms with van der Waals surface area (Å²) in [6.45, 7) is 3.52. The van der Waals surface area contributed by atoms with Crippen molar-refractivity contribution in [1.29, 1.82) is 0 Å². The summed E-state index contributed by atoms with van der Waals surface area (Å²) in [5.74, 6) is -6.28. The summed E-state index contributed by atoms with van der Waals surface area (Å²) < 4.78 is 37.4. The molecule has 15 heteroatoms. The lowest BCUT2D eigenvalue weighted by Crippen LogP contribution is -2.15. The fraction of sp³-hybridized carbons (Fsp3) is 0.106. The highest BCUT2D eigenvalue weighted by Gasteiger charge is 2.23. The molecule has 0 bridgehead atoms. The molecule has 0 saturated heterocycles. The van der Waals surface area contributed by atoms with E-state index in [2.05, 4.69) is 0 Å². The third-order valence-corrected chi connectivity index (χ3v) is 8.12. The maximum Gasteiger partial charge on any atom is 0.347 e. The molecular weight excluding hydrogens is 805 g/mol. The number of para-hydroxylation sites is 3. The van der Waals surface area contributed by atoms with Crippen LogP contribution in [0.25, 0.3) is 12.2 Å². The molecule has 5 aromatic carbocycles. The number of esters is 6. The van der Waals surface area contributed by atoms with Crippen LogP contribution in [0, 0.1) is 0 Å². The number of carbonyl (C=O) groups is 8. The SMILES string of the molecule is COc1cc(/C=C/C(=O)CC(=O)/C=C/c2ccc(OC(=O)c3ccccc3OC(C)=O)c(OC(=O)c3ccccc3OC(C)=O)c2)ccc1OC(=O)c1ccccc1OC(C)=O. The highest BCUT2D eigenvalue weighted by Crippen LogP contribution is 2.33. The summed E-state index contributed by atoms with van der Waals surface area (Å²) in [6, 6.07) is 26.2. The number of methoxy groups -OCH3 is 1. The zero-order valence-corrected chi connectivity index (χ0v) is 33.5. The van der Waals surface area contributed by atoms with Crippen LogP contribution in [-0.4, -0.2) is 54.5 Å². The van der Waals surface area contributed by atoms with E-state index in [9.17, 15) is 38.4 Å². The van der Waals surface area contributed by atoms with Gasteiger partial charge < -0.3 is 33.2 Å². The van der Waals surface area contributed by atoms with Crippen LogP contribution in [-0.2, 0) is 24.0 Å². The monoisotopic (exact) mass is 840 g/mol. The Morgan fingerprint density at radius 3 is 1.11 bits per heavy atom. The Hall–Kier alpha value is -8.46. The first kappa shape index (κ1) is 44.6. The number of rotatable bonds is 16. The van der Waals surface area contributed by atoms with Gasteiger partial charge in [-0.3, -0.25) is 24.0 Å². The quantitative estimate of drug-likeness (QED) is 0.0412. The Bertz CT molecular complexity index is 2640. The molecule has 5 rings (SSSR count). The smallest absolute Gasteiger partial charge is 0.347 e. The highest BCUT2D eigenvalue weighted by atomic mass is 16.6. The van der Waals surface area contributed by atoms with Crippen molar-refractivity contribution in [2.24, 2.45) is 0 Å². The Kier molecular flexibility index (Phi) is 15.1. The van der Waals surface area contributed by atoms with Crippen LogP contribution < -0.4 is 33.2 Å². The molecule has 0 fully saturated rings. The van der Waals surface area contributed by atoms with Gasteiger partial charge in [0, 0.05) is 20.8 Å². The maximum atomic E-state index is 13.4. The normalized spacial score (nSPS) is 10.7. The van der Waals surface area contributed by atoms with Crippen molar-refractivity contribution in [3.05, 3.63) is 149 Å². The molecule has 0 aromatic heterocycles. The minimum absolute atomic E-state index is 0.0136. The van der Waals surface area contributed by atoms with E-state index in [0.29, 0.717) is 11.1 Å². The number of allylic oxidation sites excluding steroid dienone is 2.